The first-order chi connectivity index (χ1) is 13.1. The van der Waals surface area contributed by atoms with Crippen LogP contribution >= 0.6 is 0 Å². The Hall–Kier alpha value is -3.12. The van der Waals surface area contributed by atoms with Gasteiger partial charge in [-0.05, 0) is 36.8 Å². The third-order valence-electron chi connectivity index (χ3n) is 3.90. The van der Waals surface area contributed by atoms with E-state index < -0.39 is 21.7 Å². The molecule has 2 heterocycles. The highest BCUT2D eigenvalue weighted by atomic mass is 32.2. The van der Waals surface area contributed by atoms with E-state index in [1.807, 2.05) is 0 Å². The molecule has 3 aromatic rings. The molecule has 5 nitrogen and oxygen atoms in total. The van der Waals surface area contributed by atoms with E-state index in [9.17, 15) is 21.6 Å². The van der Waals surface area contributed by atoms with Crippen LogP contribution in [-0.4, -0.2) is 29.4 Å². The van der Waals surface area contributed by atoms with Crippen LogP contribution in [0.2, 0.25) is 0 Å². The molecule has 0 saturated heterocycles. The van der Waals surface area contributed by atoms with Crippen molar-refractivity contribution in [2.75, 3.05) is 6.26 Å². The van der Waals surface area contributed by atoms with Gasteiger partial charge in [0.1, 0.15) is 5.69 Å². The molecule has 0 bridgehead atoms. The minimum absolute atomic E-state index is 0.0429. The smallest absolute Gasteiger partial charge is 0.265 e. The van der Waals surface area contributed by atoms with E-state index in [1.165, 1.54) is 55.7 Å². The Morgan fingerprint density at radius 3 is 2.11 bits per heavy atom. The molecule has 28 heavy (non-hydrogen) atoms. The van der Waals surface area contributed by atoms with Gasteiger partial charge in [0.05, 0.1) is 4.90 Å². The summed E-state index contributed by atoms with van der Waals surface area (Å²) >= 11 is 0. The molecule has 0 aliphatic heterocycles. The first-order valence-corrected chi connectivity index (χ1v) is 9.86. The van der Waals surface area contributed by atoms with Gasteiger partial charge in [-0.25, -0.2) is 8.42 Å². The Balaban J connectivity index is 2.33. The fourth-order valence-electron chi connectivity index (χ4n) is 2.72. The summed E-state index contributed by atoms with van der Waals surface area (Å²) in [6.45, 7) is 1.41. The van der Waals surface area contributed by atoms with Gasteiger partial charge in [-0.3, -0.25) is 4.98 Å². The van der Waals surface area contributed by atoms with Crippen molar-refractivity contribution in [3.05, 3.63) is 54.5 Å². The van der Waals surface area contributed by atoms with Crippen LogP contribution in [0, 0.1) is 12.0 Å². The van der Waals surface area contributed by atoms with Crippen molar-refractivity contribution in [1.29, 1.82) is 0 Å². The monoisotopic (exact) mass is 405 g/mol. The summed E-state index contributed by atoms with van der Waals surface area (Å²) in [5, 5.41) is 4.06. The highest BCUT2D eigenvalue weighted by molar-refractivity contribution is 7.90. The molecule has 0 radical (unpaired) electrons. The van der Waals surface area contributed by atoms with Gasteiger partial charge >= 0.3 is 6.18 Å². The molecule has 144 valence electrons. The van der Waals surface area contributed by atoms with Crippen molar-refractivity contribution in [2.45, 2.75) is 18.0 Å². The standard InChI is InChI=1S/C19H14F3N3O2S/c1-3-12-25-18(19(20,21)22)16(13-8-10-23-11-9-13)17(24-25)14-4-6-15(7-5-14)28(2,26)27/h4-11H,1-2H3. The van der Waals surface area contributed by atoms with E-state index >= 15 is 0 Å². The minimum Gasteiger partial charge on any atom is -0.265 e. The zero-order chi connectivity index (χ0) is 20.5. The number of pyridine rings is 1. The fraction of sp³-hybridized carbons (Fsp3) is 0.158. The predicted octanol–water partition coefficient (Wildman–Crippen LogP) is 3.86. The summed E-state index contributed by atoms with van der Waals surface area (Å²) in [7, 11) is -3.44. The number of nitrogens with zero attached hydrogens (tertiary/aromatic N) is 3. The minimum atomic E-state index is -4.71. The van der Waals surface area contributed by atoms with Crippen molar-refractivity contribution >= 4 is 9.84 Å². The second kappa shape index (κ2) is 7.13. The number of hydrogen-bond acceptors (Lipinski definition) is 4. The van der Waals surface area contributed by atoms with E-state index in [4.69, 9.17) is 0 Å². The number of aromatic nitrogens is 3. The Labute approximate surface area is 159 Å². The van der Waals surface area contributed by atoms with Crippen LogP contribution in [0.15, 0.2) is 53.7 Å². The first kappa shape index (κ1) is 19.6. The van der Waals surface area contributed by atoms with E-state index in [0.29, 0.717) is 10.2 Å². The number of benzene rings is 1. The van der Waals surface area contributed by atoms with E-state index in [2.05, 4.69) is 22.0 Å². The van der Waals surface area contributed by atoms with Gasteiger partial charge in [0, 0.05) is 35.8 Å². The van der Waals surface area contributed by atoms with Crippen LogP contribution < -0.4 is 0 Å². The normalized spacial score (nSPS) is 11.8. The Morgan fingerprint density at radius 1 is 1.00 bits per heavy atom. The molecular formula is C19H14F3N3O2S. The number of halogens is 3. The van der Waals surface area contributed by atoms with E-state index in [1.54, 1.807) is 0 Å². The van der Waals surface area contributed by atoms with Crippen LogP contribution in [0.25, 0.3) is 22.4 Å². The summed E-state index contributed by atoms with van der Waals surface area (Å²) in [5.74, 6) is 2.43. The zero-order valence-electron chi connectivity index (χ0n) is 14.8. The summed E-state index contributed by atoms with van der Waals surface area (Å²) in [6, 6.07) is 10.8. The molecule has 2 aromatic heterocycles. The predicted molar refractivity (Wildman–Crippen MR) is 97.9 cm³/mol. The van der Waals surface area contributed by atoms with Gasteiger partial charge in [0.25, 0.3) is 0 Å². The molecule has 0 aliphatic carbocycles. The van der Waals surface area contributed by atoms with Crippen LogP contribution in [-0.2, 0) is 16.0 Å². The Morgan fingerprint density at radius 2 is 1.61 bits per heavy atom. The molecule has 0 amide bonds. The van der Waals surface area contributed by atoms with Crippen LogP contribution in [0.1, 0.15) is 12.6 Å². The van der Waals surface area contributed by atoms with Crippen molar-refractivity contribution in [2.24, 2.45) is 0 Å². The quantitative estimate of drug-likeness (QED) is 0.621. The molecule has 0 aliphatic rings. The maximum Gasteiger partial charge on any atom is 0.434 e. The highest BCUT2D eigenvalue weighted by Crippen LogP contribution is 2.42. The molecule has 0 spiro atoms. The highest BCUT2D eigenvalue weighted by Gasteiger charge is 2.40. The molecule has 0 saturated carbocycles. The number of alkyl halides is 3. The lowest BCUT2D eigenvalue weighted by Gasteiger charge is -2.10. The van der Waals surface area contributed by atoms with Gasteiger partial charge in [-0.2, -0.15) is 23.0 Å². The van der Waals surface area contributed by atoms with Crippen molar-refractivity contribution in [3.63, 3.8) is 0 Å². The molecule has 9 heteroatoms. The lowest BCUT2D eigenvalue weighted by Crippen LogP contribution is -2.13. The molecular weight excluding hydrogens is 391 g/mol. The second-order valence-corrected chi connectivity index (χ2v) is 7.89. The topological polar surface area (TPSA) is 64.8 Å². The Kier molecular flexibility index (Phi) is 5.00. The Bertz CT molecular complexity index is 1170. The van der Waals surface area contributed by atoms with E-state index in [-0.39, 0.29) is 21.7 Å². The lowest BCUT2D eigenvalue weighted by atomic mass is 9.99. The molecule has 0 unspecified atom stereocenters. The fourth-order valence-corrected chi connectivity index (χ4v) is 3.35. The van der Waals surface area contributed by atoms with Crippen molar-refractivity contribution < 1.29 is 21.6 Å². The van der Waals surface area contributed by atoms with Crippen LogP contribution in [0.4, 0.5) is 13.2 Å². The average Bonchev–Trinajstić information content (AvgIpc) is 3.02. The number of sulfone groups is 1. The number of rotatable bonds is 3. The molecule has 1 aromatic carbocycles. The first-order valence-electron chi connectivity index (χ1n) is 7.97. The van der Waals surface area contributed by atoms with E-state index in [0.717, 1.165) is 6.26 Å². The third-order valence-corrected chi connectivity index (χ3v) is 5.02. The lowest BCUT2D eigenvalue weighted by molar-refractivity contribution is -0.142. The van der Waals surface area contributed by atoms with Gasteiger partial charge in [0.2, 0.25) is 0 Å². The summed E-state index contributed by atoms with van der Waals surface area (Å²) in [6.07, 6.45) is -0.887. The van der Waals surface area contributed by atoms with Gasteiger partial charge < -0.3 is 0 Å². The largest absolute Gasteiger partial charge is 0.434 e. The maximum absolute atomic E-state index is 13.8. The van der Waals surface area contributed by atoms with Crippen LogP contribution in [0.5, 0.6) is 0 Å². The number of hydrogen-bond donors (Lipinski definition) is 0. The van der Waals surface area contributed by atoms with Crippen molar-refractivity contribution in [3.8, 4) is 34.3 Å². The molecule has 3 rings (SSSR count). The molecule has 0 N–H and O–H groups in total. The molecule has 0 atom stereocenters. The zero-order valence-corrected chi connectivity index (χ0v) is 15.6. The second-order valence-electron chi connectivity index (χ2n) is 5.88. The van der Waals surface area contributed by atoms with Crippen molar-refractivity contribution in [1.82, 2.24) is 14.8 Å². The average molecular weight is 405 g/mol. The van der Waals surface area contributed by atoms with Crippen LogP contribution in [0.3, 0.4) is 0 Å². The molecule has 0 fully saturated rings. The summed E-state index contributed by atoms with van der Waals surface area (Å²) in [5.41, 5.74) is -0.503. The maximum atomic E-state index is 13.8. The SMILES string of the molecule is CC#Cn1nc(-c2ccc(S(C)(=O)=O)cc2)c(-c2ccncc2)c1C(F)(F)F. The van der Waals surface area contributed by atoms with Gasteiger partial charge in [0.15, 0.2) is 15.5 Å². The van der Waals surface area contributed by atoms with Gasteiger partial charge in [-0.15, -0.1) is 0 Å². The summed E-state index contributed by atoms with van der Waals surface area (Å²) in [4.78, 5) is 3.90. The third kappa shape index (κ3) is 3.77. The summed E-state index contributed by atoms with van der Waals surface area (Å²) < 4.78 is 65.4. The van der Waals surface area contributed by atoms with Gasteiger partial charge in [-0.1, -0.05) is 18.1 Å².